The first kappa shape index (κ1) is 31.5. The van der Waals surface area contributed by atoms with Crippen LogP contribution < -0.4 is 10.2 Å². The molecule has 2 aromatic rings. The number of hydrogen-bond donors (Lipinski definition) is 2. The summed E-state index contributed by atoms with van der Waals surface area (Å²) >= 11 is 0. The number of carbonyl (C=O) groups excluding carboxylic acids is 4. The van der Waals surface area contributed by atoms with Crippen LogP contribution in [0.3, 0.4) is 0 Å². The number of aromatic nitrogens is 1. The van der Waals surface area contributed by atoms with Gasteiger partial charge in [-0.1, -0.05) is 26.5 Å². The number of alkyl halides is 3. The molecule has 3 heterocycles. The summed E-state index contributed by atoms with van der Waals surface area (Å²) in [4.78, 5) is 60.0. The standard InChI is InChI=1S/C30H33F4N5O4/c1-17(2)24(36-25(40)19(4)22(31)8-6-18(3)30(32,33)34)26(41)38-14-11-29(12-15-38)27(42)37(5)28(43)39(29)21-7-9-23-20(16-21)10-13-35-23/h6-10,13,16-17,24,35H,4,11-12,14-15H2,1-3,5H3,(H,36,40). The Morgan fingerprint density at radius 2 is 1.77 bits per heavy atom. The minimum atomic E-state index is -4.65. The van der Waals surface area contributed by atoms with E-state index in [0.29, 0.717) is 17.8 Å². The van der Waals surface area contributed by atoms with Gasteiger partial charge < -0.3 is 15.2 Å². The number of H-pyrrole nitrogens is 1. The van der Waals surface area contributed by atoms with Gasteiger partial charge in [-0.2, -0.15) is 13.2 Å². The van der Waals surface area contributed by atoms with Crippen LogP contribution >= 0.6 is 0 Å². The molecule has 0 saturated carbocycles. The second-order valence-electron chi connectivity index (χ2n) is 11.1. The van der Waals surface area contributed by atoms with E-state index in [1.165, 1.54) is 16.8 Å². The lowest BCUT2D eigenvalue weighted by molar-refractivity contribution is -0.140. The van der Waals surface area contributed by atoms with Crippen molar-refractivity contribution >= 4 is 40.3 Å². The molecule has 0 aliphatic carbocycles. The maximum absolute atomic E-state index is 14.4. The van der Waals surface area contributed by atoms with E-state index in [2.05, 4.69) is 16.9 Å². The van der Waals surface area contributed by atoms with E-state index in [1.807, 2.05) is 18.2 Å². The second kappa shape index (κ2) is 11.7. The first-order chi connectivity index (χ1) is 20.1. The molecule has 4 rings (SSSR count). The number of piperidine rings is 1. The number of likely N-dealkylation sites (tertiary alicyclic amines) is 1. The molecule has 43 heavy (non-hydrogen) atoms. The van der Waals surface area contributed by atoms with Gasteiger partial charge in [0.1, 0.15) is 17.4 Å². The number of urea groups is 1. The van der Waals surface area contributed by atoms with Crippen molar-refractivity contribution in [2.24, 2.45) is 5.92 Å². The Balaban J connectivity index is 1.49. The lowest BCUT2D eigenvalue weighted by atomic mass is 9.85. The highest BCUT2D eigenvalue weighted by molar-refractivity contribution is 6.17. The SMILES string of the molecule is C=C(C(=O)NC(C(=O)N1CCC2(CC1)C(=O)N(C)C(=O)N2c1ccc2[nH]ccc2c1)C(C)C)C(F)=CC=C(C)C(F)(F)F. The summed E-state index contributed by atoms with van der Waals surface area (Å²) in [5.74, 6) is -3.61. The molecule has 5 amide bonds. The molecule has 230 valence electrons. The summed E-state index contributed by atoms with van der Waals surface area (Å²) < 4.78 is 52.5. The number of fused-ring (bicyclic) bond motifs is 1. The van der Waals surface area contributed by atoms with Gasteiger partial charge >= 0.3 is 12.2 Å². The molecule has 1 atom stereocenters. The van der Waals surface area contributed by atoms with Crippen LogP contribution in [0.5, 0.6) is 0 Å². The third-order valence-electron chi connectivity index (χ3n) is 8.01. The van der Waals surface area contributed by atoms with Crippen molar-refractivity contribution in [3.05, 3.63) is 66.2 Å². The summed E-state index contributed by atoms with van der Waals surface area (Å²) in [6, 6.07) is 5.68. The minimum absolute atomic E-state index is 0.102. The Morgan fingerprint density at radius 1 is 1.12 bits per heavy atom. The Morgan fingerprint density at radius 3 is 2.37 bits per heavy atom. The summed E-state index contributed by atoms with van der Waals surface area (Å²) in [6.07, 6.45) is -1.60. The van der Waals surface area contributed by atoms with E-state index < -0.39 is 58.5 Å². The van der Waals surface area contributed by atoms with Crippen LogP contribution in [0.1, 0.15) is 33.6 Å². The molecule has 2 saturated heterocycles. The molecular weight excluding hydrogens is 570 g/mol. The van der Waals surface area contributed by atoms with Crippen LogP contribution in [0.4, 0.5) is 28.0 Å². The zero-order chi connectivity index (χ0) is 31.9. The normalized spacial score (nSPS) is 18.7. The summed E-state index contributed by atoms with van der Waals surface area (Å²) in [6.45, 7) is 7.64. The van der Waals surface area contributed by atoms with Gasteiger partial charge in [0.15, 0.2) is 0 Å². The number of imide groups is 1. The average molecular weight is 604 g/mol. The predicted molar refractivity (Wildman–Crippen MR) is 152 cm³/mol. The minimum Gasteiger partial charge on any atom is -0.361 e. The Hall–Kier alpha value is -4.42. The average Bonchev–Trinajstić information content (AvgIpc) is 3.50. The van der Waals surface area contributed by atoms with Crippen molar-refractivity contribution in [2.45, 2.75) is 51.4 Å². The van der Waals surface area contributed by atoms with Crippen LogP contribution in [0, 0.1) is 5.92 Å². The number of nitrogens with zero attached hydrogens (tertiary/aromatic N) is 3. The highest BCUT2D eigenvalue weighted by Crippen LogP contribution is 2.41. The van der Waals surface area contributed by atoms with Crippen LogP contribution in [0.2, 0.25) is 0 Å². The zero-order valence-electron chi connectivity index (χ0n) is 24.2. The van der Waals surface area contributed by atoms with Gasteiger partial charge in [-0.15, -0.1) is 0 Å². The van der Waals surface area contributed by atoms with E-state index in [-0.39, 0.29) is 31.8 Å². The van der Waals surface area contributed by atoms with Gasteiger partial charge in [0, 0.05) is 48.5 Å². The molecule has 0 radical (unpaired) electrons. The van der Waals surface area contributed by atoms with E-state index >= 15 is 0 Å². The number of hydrogen-bond acceptors (Lipinski definition) is 4. The van der Waals surface area contributed by atoms with Crippen molar-refractivity contribution in [2.75, 3.05) is 25.0 Å². The van der Waals surface area contributed by atoms with Crippen molar-refractivity contribution in [3.63, 3.8) is 0 Å². The molecule has 1 unspecified atom stereocenters. The largest absolute Gasteiger partial charge is 0.412 e. The van der Waals surface area contributed by atoms with Gasteiger partial charge in [0.05, 0.1) is 5.57 Å². The van der Waals surface area contributed by atoms with E-state index in [4.69, 9.17) is 0 Å². The lowest BCUT2D eigenvalue weighted by Gasteiger charge is -2.43. The van der Waals surface area contributed by atoms with E-state index in [1.54, 1.807) is 26.1 Å². The molecule has 2 aliphatic heterocycles. The van der Waals surface area contributed by atoms with Gasteiger partial charge in [0.2, 0.25) is 5.91 Å². The third kappa shape index (κ3) is 5.93. The monoisotopic (exact) mass is 603 g/mol. The van der Waals surface area contributed by atoms with Gasteiger partial charge in [-0.3, -0.25) is 24.2 Å². The van der Waals surface area contributed by atoms with Gasteiger partial charge in [-0.05, 0) is 56.0 Å². The topological polar surface area (TPSA) is 106 Å². The number of allylic oxidation sites excluding steroid dienone is 3. The molecule has 9 nitrogen and oxygen atoms in total. The number of likely N-dealkylation sites (N-methyl/N-ethyl adjacent to an activating group) is 1. The summed E-state index contributed by atoms with van der Waals surface area (Å²) in [7, 11) is 1.42. The van der Waals surface area contributed by atoms with Crippen LogP contribution in [-0.2, 0) is 14.4 Å². The number of halogens is 4. The summed E-state index contributed by atoms with van der Waals surface area (Å²) in [5.41, 5.74) is -1.57. The molecular formula is C30H33F4N5O4. The predicted octanol–water partition coefficient (Wildman–Crippen LogP) is 4.99. The summed E-state index contributed by atoms with van der Waals surface area (Å²) in [5, 5.41) is 3.31. The highest BCUT2D eigenvalue weighted by Gasteiger charge is 2.58. The number of anilines is 1. The Bertz CT molecular complexity index is 1530. The van der Waals surface area contributed by atoms with Gasteiger partial charge in [0.25, 0.3) is 11.8 Å². The quantitative estimate of drug-likeness (QED) is 0.201. The van der Waals surface area contributed by atoms with E-state index in [9.17, 15) is 36.7 Å². The highest BCUT2D eigenvalue weighted by atomic mass is 19.4. The number of aromatic amines is 1. The first-order valence-electron chi connectivity index (χ1n) is 13.7. The molecule has 0 bridgehead atoms. The van der Waals surface area contributed by atoms with Crippen molar-refractivity contribution in [1.29, 1.82) is 0 Å². The number of rotatable bonds is 7. The fourth-order valence-corrected chi connectivity index (χ4v) is 5.34. The fraction of sp³-hybridized carbons (Fsp3) is 0.400. The van der Waals surface area contributed by atoms with E-state index in [0.717, 1.165) is 22.7 Å². The zero-order valence-corrected chi connectivity index (χ0v) is 24.2. The Kier molecular flexibility index (Phi) is 8.57. The third-order valence-corrected chi connectivity index (χ3v) is 8.01. The maximum atomic E-state index is 14.4. The van der Waals surface area contributed by atoms with Crippen molar-refractivity contribution in [3.8, 4) is 0 Å². The fourth-order valence-electron chi connectivity index (χ4n) is 5.34. The number of carbonyl (C=O) groups is 4. The molecule has 1 aromatic carbocycles. The van der Waals surface area contributed by atoms with Crippen molar-refractivity contribution in [1.82, 2.24) is 20.1 Å². The number of amides is 5. The molecule has 13 heteroatoms. The molecule has 1 aromatic heterocycles. The second-order valence-corrected chi connectivity index (χ2v) is 11.1. The molecule has 2 aliphatic rings. The van der Waals surface area contributed by atoms with Crippen LogP contribution in [0.25, 0.3) is 10.9 Å². The lowest BCUT2D eigenvalue weighted by Crippen LogP contribution is -2.60. The molecule has 1 spiro atoms. The number of benzene rings is 1. The molecule has 2 N–H and O–H groups in total. The van der Waals surface area contributed by atoms with Gasteiger partial charge in [-0.25, -0.2) is 9.18 Å². The van der Waals surface area contributed by atoms with Crippen LogP contribution in [0.15, 0.2) is 66.2 Å². The van der Waals surface area contributed by atoms with Crippen LogP contribution in [-0.4, -0.2) is 76.4 Å². The number of nitrogens with one attached hydrogen (secondary N) is 2. The maximum Gasteiger partial charge on any atom is 0.412 e. The smallest absolute Gasteiger partial charge is 0.361 e. The first-order valence-corrected chi connectivity index (χ1v) is 13.7. The molecule has 2 fully saturated rings. The van der Waals surface area contributed by atoms with Crippen molar-refractivity contribution < 1.29 is 36.7 Å². The Labute approximate surface area is 245 Å².